The zero-order valence-electron chi connectivity index (χ0n) is 16.6. The Balaban J connectivity index is 1.57. The maximum Gasteiger partial charge on any atom is 0.342 e. The van der Waals surface area contributed by atoms with Gasteiger partial charge in [0.05, 0.1) is 4.90 Å². The zero-order chi connectivity index (χ0) is 21.2. The van der Waals surface area contributed by atoms with Gasteiger partial charge in [0.15, 0.2) is 6.61 Å². The van der Waals surface area contributed by atoms with Gasteiger partial charge in [-0.15, -0.1) is 0 Å². The van der Waals surface area contributed by atoms with Gasteiger partial charge in [0.25, 0.3) is 5.91 Å². The number of nitrogens with one attached hydrogen (secondary N) is 1. The SMILES string of the molecule is Cc1oc(C)c(C(=O)OCC(=O)Nc2ccc(S(=O)(=O)N3CCCC3)cc2)c1C. The second-order valence-electron chi connectivity index (χ2n) is 6.97. The first-order chi connectivity index (χ1) is 13.7. The van der Waals surface area contributed by atoms with Crippen LogP contribution in [0.25, 0.3) is 0 Å². The number of amides is 1. The summed E-state index contributed by atoms with van der Waals surface area (Å²) >= 11 is 0. The smallest absolute Gasteiger partial charge is 0.342 e. The summed E-state index contributed by atoms with van der Waals surface area (Å²) in [6.45, 7) is 5.76. The van der Waals surface area contributed by atoms with Gasteiger partial charge in [-0.2, -0.15) is 4.31 Å². The lowest BCUT2D eigenvalue weighted by molar-refractivity contribution is -0.119. The van der Waals surface area contributed by atoms with Gasteiger partial charge >= 0.3 is 5.97 Å². The summed E-state index contributed by atoms with van der Waals surface area (Å²) < 4.78 is 36.9. The molecule has 29 heavy (non-hydrogen) atoms. The van der Waals surface area contributed by atoms with Crippen LogP contribution in [0.3, 0.4) is 0 Å². The molecule has 0 atom stereocenters. The van der Waals surface area contributed by atoms with Crippen molar-refractivity contribution in [3.63, 3.8) is 0 Å². The van der Waals surface area contributed by atoms with Crippen molar-refractivity contribution in [2.45, 2.75) is 38.5 Å². The Hall–Kier alpha value is -2.65. The predicted molar refractivity (Wildman–Crippen MR) is 106 cm³/mol. The van der Waals surface area contributed by atoms with Gasteiger partial charge < -0.3 is 14.5 Å². The minimum atomic E-state index is -3.50. The molecule has 1 aromatic carbocycles. The van der Waals surface area contributed by atoms with Gasteiger partial charge in [0, 0.05) is 24.3 Å². The summed E-state index contributed by atoms with van der Waals surface area (Å²) in [7, 11) is -3.50. The van der Waals surface area contributed by atoms with Crippen molar-refractivity contribution in [3.8, 4) is 0 Å². The van der Waals surface area contributed by atoms with Gasteiger partial charge in [0.1, 0.15) is 17.1 Å². The number of benzene rings is 1. The second-order valence-corrected chi connectivity index (χ2v) is 8.91. The first-order valence-electron chi connectivity index (χ1n) is 9.34. The minimum Gasteiger partial charge on any atom is -0.465 e. The molecule has 1 amide bonds. The molecular weight excluding hydrogens is 396 g/mol. The van der Waals surface area contributed by atoms with E-state index in [0.29, 0.717) is 41.4 Å². The number of ether oxygens (including phenoxy) is 1. The fourth-order valence-electron chi connectivity index (χ4n) is 3.28. The Morgan fingerprint density at radius 1 is 1.07 bits per heavy atom. The Kier molecular flexibility index (Phi) is 6.09. The normalized spacial score (nSPS) is 14.7. The minimum absolute atomic E-state index is 0.185. The molecule has 0 spiro atoms. The van der Waals surface area contributed by atoms with Crippen LogP contribution in [0, 0.1) is 20.8 Å². The van der Waals surface area contributed by atoms with E-state index < -0.39 is 28.5 Å². The molecule has 2 aromatic rings. The number of esters is 1. The van der Waals surface area contributed by atoms with Gasteiger partial charge in [0.2, 0.25) is 10.0 Å². The van der Waals surface area contributed by atoms with E-state index in [-0.39, 0.29) is 4.90 Å². The number of hydrogen-bond acceptors (Lipinski definition) is 6. The fraction of sp³-hybridized carbons (Fsp3) is 0.400. The van der Waals surface area contributed by atoms with Crippen molar-refractivity contribution in [2.24, 2.45) is 0 Å². The van der Waals surface area contributed by atoms with Gasteiger partial charge in [-0.3, -0.25) is 4.79 Å². The van der Waals surface area contributed by atoms with Crippen molar-refractivity contribution in [1.82, 2.24) is 4.31 Å². The molecule has 0 unspecified atom stereocenters. The number of furan rings is 1. The molecule has 0 saturated carbocycles. The molecule has 1 aliphatic heterocycles. The third-order valence-electron chi connectivity index (χ3n) is 4.94. The highest BCUT2D eigenvalue weighted by Gasteiger charge is 2.27. The highest BCUT2D eigenvalue weighted by atomic mass is 32.2. The lowest BCUT2D eigenvalue weighted by atomic mass is 10.1. The van der Waals surface area contributed by atoms with Crippen LogP contribution < -0.4 is 5.32 Å². The van der Waals surface area contributed by atoms with Crippen molar-refractivity contribution in [1.29, 1.82) is 0 Å². The van der Waals surface area contributed by atoms with E-state index in [1.54, 1.807) is 20.8 Å². The van der Waals surface area contributed by atoms with Crippen molar-refractivity contribution in [2.75, 3.05) is 25.0 Å². The third kappa shape index (κ3) is 4.51. The highest BCUT2D eigenvalue weighted by Crippen LogP contribution is 2.23. The molecule has 1 N–H and O–H groups in total. The summed E-state index contributed by atoms with van der Waals surface area (Å²) in [6.07, 6.45) is 1.73. The van der Waals surface area contributed by atoms with E-state index in [1.165, 1.54) is 28.6 Å². The molecule has 2 heterocycles. The number of hydrogen-bond donors (Lipinski definition) is 1. The average molecular weight is 420 g/mol. The number of carbonyl (C=O) groups is 2. The molecule has 0 aliphatic carbocycles. The first-order valence-corrected chi connectivity index (χ1v) is 10.8. The first kappa shape index (κ1) is 21.1. The zero-order valence-corrected chi connectivity index (χ0v) is 17.5. The van der Waals surface area contributed by atoms with Crippen molar-refractivity contribution >= 4 is 27.6 Å². The van der Waals surface area contributed by atoms with Crippen molar-refractivity contribution in [3.05, 3.63) is 46.9 Å². The van der Waals surface area contributed by atoms with E-state index >= 15 is 0 Å². The molecule has 0 radical (unpaired) electrons. The number of rotatable bonds is 6. The number of carbonyl (C=O) groups excluding carboxylic acids is 2. The Morgan fingerprint density at radius 3 is 2.24 bits per heavy atom. The Bertz CT molecular complexity index is 1020. The predicted octanol–water partition coefficient (Wildman–Crippen LogP) is 2.78. The van der Waals surface area contributed by atoms with E-state index in [1.807, 2.05) is 0 Å². The monoisotopic (exact) mass is 420 g/mol. The van der Waals surface area contributed by atoms with Crippen LogP contribution in [-0.4, -0.2) is 44.3 Å². The second kappa shape index (κ2) is 8.38. The van der Waals surface area contributed by atoms with Crippen LogP contribution in [0.2, 0.25) is 0 Å². The topological polar surface area (TPSA) is 106 Å². The molecule has 1 saturated heterocycles. The number of anilines is 1. The van der Waals surface area contributed by atoms with Crippen LogP contribution in [-0.2, 0) is 19.6 Å². The summed E-state index contributed by atoms with van der Waals surface area (Å²) in [5.41, 5.74) is 1.42. The largest absolute Gasteiger partial charge is 0.465 e. The third-order valence-corrected chi connectivity index (χ3v) is 6.85. The summed E-state index contributed by atoms with van der Waals surface area (Å²) in [6, 6.07) is 5.93. The molecule has 156 valence electrons. The van der Waals surface area contributed by atoms with E-state index in [4.69, 9.17) is 9.15 Å². The summed E-state index contributed by atoms with van der Waals surface area (Å²) in [4.78, 5) is 24.5. The maximum atomic E-state index is 12.5. The lowest BCUT2D eigenvalue weighted by Crippen LogP contribution is -2.27. The van der Waals surface area contributed by atoms with Crippen molar-refractivity contribution < 1.29 is 27.2 Å². The molecule has 3 rings (SSSR count). The summed E-state index contributed by atoms with van der Waals surface area (Å²) in [5, 5.41) is 2.58. The van der Waals surface area contributed by atoms with Crippen LogP contribution in [0.5, 0.6) is 0 Å². The Morgan fingerprint density at radius 2 is 1.69 bits per heavy atom. The lowest BCUT2D eigenvalue weighted by Gasteiger charge is -2.15. The van der Waals surface area contributed by atoms with Gasteiger partial charge in [-0.05, 0) is 57.9 Å². The number of nitrogens with zero attached hydrogens (tertiary/aromatic N) is 1. The standard InChI is InChI=1S/C20H24N2O6S/c1-13-14(2)28-15(3)19(13)20(24)27-12-18(23)21-16-6-8-17(9-7-16)29(25,26)22-10-4-5-11-22/h6-9H,4-5,10-12H2,1-3H3,(H,21,23). The van der Waals surface area contributed by atoms with E-state index in [0.717, 1.165) is 12.8 Å². The van der Waals surface area contributed by atoms with E-state index in [2.05, 4.69) is 5.32 Å². The molecule has 9 heteroatoms. The van der Waals surface area contributed by atoms with Crippen LogP contribution in [0.15, 0.2) is 33.6 Å². The average Bonchev–Trinajstić information content (AvgIpc) is 3.30. The van der Waals surface area contributed by atoms with Crippen LogP contribution in [0.4, 0.5) is 5.69 Å². The highest BCUT2D eigenvalue weighted by molar-refractivity contribution is 7.89. The van der Waals surface area contributed by atoms with Gasteiger partial charge in [-0.1, -0.05) is 0 Å². The summed E-state index contributed by atoms with van der Waals surface area (Å²) in [5.74, 6) is -0.0776. The van der Waals surface area contributed by atoms with E-state index in [9.17, 15) is 18.0 Å². The quantitative estimate of drug-likeness (QED) is 0.721. The molecule has 1 aromatic heterocycles. The van der Waals surface area contributed by atoms with Crippen LogP contribution >= 0.6 is 0 Å². The molecule has 1 aliphatic rings. The molecule has 0 bridgehead atoms. The Labute approximate surface area is 169 Å². The van der Waals surface area contributed by atoms with Gasteiger partial charge in [-0.25, -0.2) is 13.2 Å². The number of aryl methyl sites for hydroxylation is 2. The maximum absolute atomic E-state index is 12.5. The molecule has 1 fully saturated rings. The molecular formula is C20H24N2O6S. The van der Waals surface area contributed by atoms with Crippen LogP contribution in [0.1, 0.15) is 40.3 Å². The fourth-order valence-corrected chi connectivity index (χ4v) is 4.80. The number of sulfonamides is 1. The molecule has 8 nitrogen and oxygen atoms in total.